The van der Waals surface area contributed by atoms with Crippen LogP contribution < -0.4 is 10.6 Å². The molecule has 26 heavy (non-hydrogen) atoms. The second-order valence-electron chi connectivity index (χ2n) is 6.92. The third kappa shape index (κ3) is 3.75. The van der Waals surface area contributed by atoms with Gasteiger partial charge in [-0.3, -0.25) is 9.48 Å². The first-order chi connectivity index (χ1) is 12.0. The third-order valence-corrected chi connectivity index (χ3v) is 6.74. The molecule has 9 nitrogen and oxygen atoms in total. The summed E-state index contributed by atoms with van der Waals surface area (Å²) in [5, 5.41) is 9.82. The molecule has 2 N–H and O–H groups in total. The van der Waals surface area contributed by atoms with Crippen molar-refractivity contribution in [1.82, 2.24) is 15.1 Å². The highest BCUT2D eigenvalue weighted by molar-refractivity contribution is 7.92. The minimum atomic E-state index is -3.60. The summed E-state index contributed by atoms with van der Waals surface area (Å²) in [6.45, 7) is 6.17. The monoisotopic (exact) mass is 386 g/mol. The first-order valence-corrected chi connectivity index (χ1v) is 10.4. The van der Waals surface area contributed by atoms with Gasteiger partial charge in [0.25, 0.3) is 0 Å². The Balaban J connectivity index is 2.22. The van der Waals surface area contributed by atoms with Crippen LogP contribution in [0.15, 0.2) is 12.4 Å². The van der Waals surface area contributed by atoms with E-state index in [1.165, 1.54) is 17.1 Å². The largest absolute Gasteiger partial charge is 0.464 e. The molecule has 1 saturated heterocycles. The Labute approximate surface area is 153 Å². The van der Waals surface area contributed by atoms with Crippen LogP contribution in [0.25, 0.3) is 0 Å². The SMILES string of the molecule is CCOC(=O)C(C)(C)n1cc(NC(=O)C2(S(C)(=O)=O)CCNCC2)cn1. The molecule has 1 aromatic rings. The van der Waals surface area contributed by atoms with Gasteiger partial charge in [-0.25, -0.2) is 13.2 Å². The van der Waals surface area contributed by atoms with E-state index >= 15 is 0 Å². The molecule has 0 spiro atoms. The lowest BCUT2D eigenvalue weighted by atomic mass is 9.96. The minimum absolute atomic E-state index is 0.208. The Morgan fingerprint density at radius 2 is 2.00 bits per heavy atom. The van der Waals surface area contributed by atoms with Gasteiger partial charge in [0.2, 0.25) is 5.91 Å². The number of aromatic nitrogens is 2. The summed E-state index contributed by atoms with van der Waals surface area (Å²) >= 11 is 0. The summed E-state index contributed by atoms with van der Waals surface area (Å²) in [6, 6.07) is 0. The van der Waals surface area contributed by atoms with Crippen molar-refractivity contribution in [2.24, 2.45) is 0 Å². The number of nitrogens with one attached hydrogen (secondary N) is 2. The summed E-state index contributed by atoms with van der Waals surface area (Å²) in [4.78, 5) is 24.9. The smallest absolute Gasteiger partial charge is 0.333 e. The van der Waals surface area contributed by atoms with Gasteiger partial charge >= 0.3 is 5.97 Å². The maximum absolute atomic E-state index is 12.8. The standard InChI is InChI=1S/C16H26N4O5S/c1-5-25-14(22)15(2,3)20-11-12(10-18-20)19-13(21)16(26(4,23)24)6-8-17-9-7-16/h10-11,17H,5-9H2,1-4H3,(H,19,21). The maximum Gasteiger partial charge on any atom is 0.333 e. The highest BCUT2D eigenvalue weighted by atomic mass is 32.2. The Kier molecular flexibility index (Phi) is 5.76. The predicted molar refractivity (Wildman–Crippen MR) is 96.5 cm³/mol. The van der Waals surface area contributed by atoms with E-state index in [1.807, 2.05) is 0 Å². The summed E-state index contributed by atoms with van der Waals surface area (Å²) in [6.07, 6.45) is 4.38. The molecule has 0 saturated carbocycles. The molecule has 0 atom stereocenters. The minimum Gasteiger partial charge on any atom is -0.464 e. The molecule has 0 aromatic carbocycles. The van der Waals surface area contributed by atoms with Crippen molar-refractivity contribution in [1.29, 1.82) is 0 Å². The van der Waals surface area contributed by atoms with Gasteiger partial charge in [-0.1, -0.05) is 0 Å². The lowest BCUT2D eigenvalue weighted by Crippen LogP contribution is -2.55. The highest BCUT2D eigenvalue weighted by Gasteiger charge is 2.48. The number of carbonyl (C=O) groups is 2. The van der Waals surface area contributed by atoms with Crippen molar-refractivity contribution in [2.75, 3.05) is 31.3 Å². The highest BCUT2D eigenvalue weighted by Crippen LogP contribution is 2.29. The molecule has 0 radical (unpaired) electrons. The number of ether oxygens (including phenoxy) is 1. The molecule has 146 valence electrons. The van der Waals surface area contributed by atoms with Gasteiger partial charge in [-0.05, 0) is 46.7 Å². The molecule has 0 aliphatic carbocycles. The Hall–Kier alpha value is -1.94. The average molecular weight is 386 g/mol. The molecular weight excluding hydrogens is 360 g/mol. The Bertz CT molecular complexity index is 778. The fourth-order valence-electron chi connectivity index (χ4n) is 2.94. The second-order valence-corrected chi connectivity index (χ2v) is 9.25. The van der Waals surface area contributed by atoms with E-state index in [-0.39, 0.29) is 19.4 Å². The molecule has 2 rings (SSSR count). The molecule has 0 bridgehead atoms. The van der Waals surface area contributed by atoms with Gasteiger partial charge in [0.15, 0.2) is 20.1 Å². The number of carbonyl (C=O) groups excluding carboxylic acids is 2. The molecule has 1 aromatic heterocycles. The zero-order valence-corrected chi connectivity index (χ0v) is 16.4. The van der Waals surface area contributed by atoms with Crippen molar-refractivity contribution in [3.8, 4) is 0 Å². The van der Waals surface area contributed by atoms with Crippen molar-refractivity contribution >= 4 is 27.4 Å². The molecule has 1 aliphatic rings. The first-order valence-electron chi connectivity index (χ1n) is 8.49. The molecule has 1 fully saturated rings. The van der Waals surface area contributed by atoms with E-state index in [0.717, 1.165) is 6.26 Å². The number of rotatable bonds is 6. The van der Waals surface area contributed by atoms with E-state index in [4.69, 9.17) is 4.74 Å². The molecular formula is C16H26N4O5S. The van der Waals surface area contributed by atoms with Gasteiger partial charge < -0.3 is 15.4 Å². The molecule has 2 heterocycles. The fraction of sp³-hybridized carbons (Fsp3) is 0.688. The zero-order valence-electron chi connectivity index (χ0n) is 15.5. The van der Waals surface area contributed by atoms with Crippen LogP contribution in [0.5, 0.6) is 0 Å². The van der Waals surface area contributed by atoms with Gasteiger partial charge in [-0.15, -0.1) is 0 Å². The number of hydrogen-bond acceptors (Lipinski definition) is 7. The van der Waals surface area contributed by atoms with E-state index in [1.54, 1.807) is 20.8 Å². The Morgan fingerprint density at radius 1 is 1.38 bits per heavy atom. The van der Waals surface area contributed by atoms with Gasteiger partial charge in [0.1, 0.15) is 0 Å². The maximum atomic E-state index is 12.8. The number of hydrogen-bond donors (Lipinski definition) is 2. The number of piperidine rings is 1. The second kappa shape index (κ2) is 7.36. The van der Waals surface area contributed by atoms with Crippen LogP contribution in [-0.4, -0.2) is 60.8 Å². The Morgan fingerprint density at radius 3 is 2.54 bits per heavy atom. The fourth-order valence-corrected chi connectivity index (χ4v) is 4.27. The predicted octanol–water partition coefficient (Wildman–Crippen LogP) is 0.287. The number of amides is 1. The third-order valence-electron chi connectivity index (χ3n) is 4.72. The van der Waals surface area contributed by atoms with Crippen molar-refractivity contribution < 1.29 is 22.7 Å². The lowest BCUT2D eigenvalue weighted by molar-refractivity contribution is -0.152. The van der Waals surface area contributed by atoms with Gasteiger partial charge in [0.05, 0.1) is 18.5 Å². The van der Waals surface area contributed by atoms with Crippen molar-refractivity contribution in [3.05, 3.63) is 12.4 Å². The van der Waals surface area contributed by atoms with E-state index in [9.17, 15) is 18.0 Å². The van der Waals surface area contributed by atoms with Gasteiger partial charge in [0, 0.05) is 12.5 Å². The molecule has 0 unspecified atom stereocenters. The molecule has 10 heteroatoms. The van der Waals surface area contributed by atoms with Crippen LogP contribution in [0.2, 0.25) is 0 Å². The average Bonchev–Trinajstić information content (AvgIpc) is 3.04. The summed E-state index contributed by atoms with van der Waals surface area (Å²) in [5.41, 5.74) is -0.726. The zero-order chi connectivity index (χ0) is 19.6. The van der Waals surface area contributed by atoms with Crippen LogP contribution in [-0.2, 0) is 29.7 Å². The van der Waals surface area contributed by atoms with Crippen molar-refractivity contribution in [3.63, 3.8) is 0 Å². The molecule has 1 amide bonds. The molecule has 1 aliphatic heterocycles. The number of esters is 1. The normalized spacial score (nSPS) is 17.5. The summed E-state index contributed by atoms with van der Waals surface area (Å²) < 4.78 is 29.5. The van der Waals surface area contributed by atoms with Crippen LogP contribution in [0.4, 0.5) is 5.69 Å². The number of sulfone groups is 1. The quantitative estimate of drug-likeness (QED) is 0.674. The van der Waals surface area contributed by atoms with Crippen LogP contribution in [0, 0.1) is 0 Å². The van der Waals surface area contributed by atoms with E-state index < -0.39 is 32.0 Å². The van der Waals surface area contributed by atoms with Crippen LogP contribution in [0.1, 0.15) is 33.6 Å². The number of nitrogens with zero attached hydrogens (tertiary/aromatic N) is 2. The number of anilines is 1. The topological polar surface area (TPSA) is 119 Å². The summed E-state index contributed by atoms with van der Waals surface area (Å²) in [7, 11) is -3.60. The van der Waals surface area contributed by atoms with Crippen LogP contribution >= 0.6 is 0 Å². The first kappa shape index (κ1) is 20.4. The lowest BCUT2D eigenvalue weighted by Gasteiger charge is -2.34. The van der Waals surface area contributed by atoms with Gasteiger partial charge in [-0.2, -0.15) is 5.10 Å². The van der Waals surface area contributed by atoms with E-state index in [0.29, 0.717) is 18.8 Å². The van der Waals surface area contributed by atoms with Crippen LogP contribution in [0.3, 0.4) is 0 Å². The summed E-state index contributed by atoms with van der Waals surface area (Å²) in [5.74, 6) is -1.03. The van der Waals surface area contributed by atoms with E-state index in [2.05, 4.69) is 15.7 Å². The van der Waals surface area contributed by atoms with Crippen molar-refractivity contribution in [2.45, 2.75) is 43.9 Å².